The van der Waals surface area contributed by atoms with E-state index in [4.69, 9.17) is 4.74 Å². The van der Waals surface area contributed by atoms with E-state index in [1.807, 2.05) is 38.1 Å². The van der Waals surface area contributed by atoms with Crippen molar-refractivity contribution in [2.24, 2.45) is 5.92 Å². The van der Waals surface area contributed by atoms with Crippen LogP contribution in [0.2, 0.25) is 0 Å². The van der Waals surface area contributed by atoms with E-state index in [1.165, 1.54) is 24.0 Å². The van der Waals surface area contributed by atoms with E-state index in [0.29, 0.717) is 11.5 Å². The molecule has 1 aromatic carbocycles. The number of H-pyrrole nitrogens is 1. The third-order valence-electron chi connectivity index (χ3n) is 5.25. The molecule has 0 bridgehead atoms. The first-order chi connectivity index (χ1) is 15.2. The number of hydrogen-bond acceptors (Lipinski definition) is 6. The first kappa shape index (κ1) is 23.6. The summed E-state index contributed by atoms with van der Waals surface area (Å²) in [5.41, 5.74) is 1.62. The third-order valence-corrected chi connectivity index (χ3v) is 5.78. The Kier molecular flexibility index (Phi) is 7.39. The molecule has 32 heavy (non-hydrogen) atoms. The highest BCUT2D eigenvalue weighted by molar-refractivity contribution is 9.10. The summed E-state index contributed by atoms with van der Waals surface area (Å²) >= 11 is 3.41. The number of imidazole rings is 1. The summed E-state index contributed by atoms with van der Waals surface area (Å²) in [6.07, 6.45) is 0.509. The van der Waals surface area contributed by atoms with Gasteiger partial charge in [0.25, 0.3) is 0 Å². The number of ether oxygens (including phenoxy) is 2. The number of aromatic nitrogens is 2. The summed E-state index contributed by atoms with van der Waals surface area (Å²) in [5.74, 6) is -0.0176. The van der Waals surface area contributed by atoms with Crippen LogP contribution in [0.1, 0.15) is 25.7 Å². The predicted octanol–water partition coefficient (Wildman–Crippen LogP) is 3.13. The molecule has 1 fully saturated rings. The second-order valence-electron chi connectivity index (χ2n) is 7.69. The van der Waals surface area contributed by atoms with Crippen LogP contribution in [0.5, 0.6) is 0 Å². The van der Waals surface area contributed by atoms with Crippen LogP contribution < -0.4 is 5.32 Å². The summed E-state index contributed by atoms with van der Waals surface area (Å²) in [6.45, 7) is 3.85. The lowest BCUT2D eigenvalue weighted by atomic mass is 10.0. The van der Waals surface area contributed by atoms with E-state index in [9.17, 15) is 14.4 Å². The standard InChI is InChI=1S/C21H26BrN5O5/c1-12(2)17(25-20(29)31-3)19(28)27-11-26(21(30)32-4)10-16(27)18-23-9-15(24-18)13-5-7-14(22)8-6-13/h5-9,12,16-17H,10-11H2,1-4H3,(H,23,24)(H,25,29)/t16-,17?/m0/s1. The van der Waals surface area contributed by atoms with Gasteiger partial charge in [-0.25, -0.2) is 14.6 Å². The van der Waals surface area contributed by atoms with E-state index >= 15 is 0 Å². The van der Waals surface area contributed by atoms with Crippen LogP contribution in [0.3, 0.4) is 0 Å². The highest BCUT2D eigenvalue weighted by Crippen LogP contribution is 2.30. The van der Waals surface area contributed by atoms with Gasteiger partial charge < -0.3 is 24.7 Å². The maximum Gasteiger partial charge on any atom is 0.410 e. The molecule has 11 heteroatoms. The molecule has 172 valence electrons. The molecule has 1 aliphatic rings. The van der Waals surface area contributed by atoms with Gasteiger partial charge in [0.2, 0.25) is 5.91 Å². The van der Waals surface area contributed by atoms with Crippen molar-refractivity contribution in [1.29, 1.82) is 0 Å². The Morgan fingerprint density at radius 1 is 1.19 bits per heavy atom. The fourth-order valence-corrected chi connectivity index (χ4v) is 3.78. The average Bonchev–Trinajstić information content (AvgIpc) is 3.44. The number of nitrogens with zero attached hydrogens (tertiary/aromatic N) is 3. The van der Waals surface area contributed by atoms with E-state index in [-0.39, 0.29) is 25.0 Å². The van der Waals surface area contributed by atoms with Crippen molar-refractivity contribution in [3.63, 3.8) is 0 Å². The number of rotatable bonds is 5. The van der Waals surface area contributed by atoms with Crippen LogP contribution in [0, 0.1) is 5.92 Å². The number of carbonyl (C=O) groups is 3. The Morgan fingerprint density at radius 3 is 2.47 bits per heavy atom. The molecule has 10 nitrogen and oxygen atoms in total. The lowest BCUT2D eigenvalue weighted by Crippen LogP contribution is -2.51. The Morgan fingerprint density at radius 2 is 1.88 bits per heavy atom. The fraction of sp³-hybridized carbons (Fsp3) is 0.429. The van der Waals surface area contributed by atoms with Crippen molar-refractivity contribution in [2.75, 3.05) is 27.4 Å². The Balaban J connectivity index is 1.91. The number of alkyl carbamates (subject to hydrolysis) is 1. The van der Waals surface area contributed by atoms with Crippen LogP contribution in [-0.2, 0) is 14.3 Å². The van der Waals surface area contributed by atoms with Gasteiger partial charge in [0.15, 0.2) is 0 Å². The lowest BCUT2D eigenvalue weighted by molar-refractivity contribution is -0.135. The molecule has 2 atom stereocenters. The summed E-state index contributed by atoms with van der Waals surface area (Å²) in [5, 5.41) is 2.59. The van der Waals surface area contributed by atoms with E-state index in [2.05, 4.69) is 36.0 Å². The minimum atomic E-state index is -0.830. The minimum absolute atomic E-state index is 0.0105. The monoisotopic (exact) mass is 507 g/mol. The number of benzene rings is 1. The van der Waals surface area contributed by atoms with E-state index in [1.54, 1.807) is 6.20 Å². The van der Waals surface area contributed by atoms with Gasteiger partial charge in [-0.15, -0.1) is 0 Å². The molecule has 0 aliphatic carbocycles. The molecule has 2 N–H and O–H groups in total. The molecule has 1 saturated heterocycles. The highest BCUT2D eigenvalue weighted by Gasteiger charge is 2.42. The maximum atomic E-state index is 13.4. The second kappa shape index (κ2) is 10.0. The smallest absolute Gasteiger partial charge is 0.410 e. The Labute approximate surface area is 194 Å². The maximum absolute atomic E-state index is 13.4. The van der Waals surface area contributed by atoms with Crippen molar-refractivity contribution in [3.8, 4) is 11.3 Å². The number of aromatic amines is 1. The predicted molar refractivity (Wildman–Crippen MR) is 119 cm³/mol. The normalized spacial score (nSPS) is 16.8. The molecule has 3 amide bonds. The first-order valence-electron chi connectivity index (χ1n) is 10.0. The Hall–Kier alpha value is -3.08. The average molecular weight is 508 g/mol. The van der Waals surface area contributed by atoms with Crippen LogP contribution in [0.15, 0.2) is 34.9 Å². The van der Waals surface area contributed by atoms with Gasteiger partial charge >= 0.3 is 12.2 Å². The van der Waals surface area contributed by atoms with Gasteiger partial charge in [-0.1, -0.05) is 41.9 Å². The van der Waals surface area contributed by atoms with Crippen LogP contribution in [-0.4, -0.2) is 71.3 Å². The van der Waals surface area contributed by atoms with Crippen molar-refractivity contribution in [3.05, 3.63) is 40.8 Å². The van der Waals surface area contributed by atoms with Gasteiger partial charge in [-0.3, -0.25) is 9.69 Å². The van der Waals surface area contributed by atoms with E-state index < -0.39 is 24.3 Å². The molecule has 3 rings (SSSR count). The quantitative estimate of drug-likeness (QED) is 0.641. The van der Waals surface area contributed by atoms with Gasteiger partial charge in [0, 0.05) is 16.2 Å². The summed E-state index contributed by atoms with van der Waals surface area (Å²) in [7, 11) is 2.53. The van der Waals surface area contributed by atoms with E-state index in [0.717, 1.165) is 10.0 Å². The summed E-state index contributed by atoms with van der Waals surface area (Å²) in [4.78, 5) is 48.1. The van der Waals surface area contributed by atoms with Crippen molar-refractivity contribution < 1.29 is 23.9 Å². The molecular formula is C21H26BrN5O5. The highest BCUT2D eigenvalue weighted by atomic mass is 79.9. The summed E-state index contributed by atoms with van der Waals surface area (Å²) < 4.78 is 10.5. The number of amides is 3. The number of methoxy groups -OCH3 is 2. The second-order valence-corrected chi connectivity index (χ2v) is 8.61. The number of nitrogens with one attached hydrogen (secondary N) is 2. The van der Waals surface area contributed by atoms with Crippen LogP contribution >= 0.6 is 15.9 Å². The molecule has 0 spiro atoms. The molecule has 1 unspecified atom stereocenters. The molecular weight excluding hydrogens is 482 g/mol. The zero-order valence-corrected chi connectivity index (χ0v) is 19.9. The molecule has 0 radical (unpaired) electrons. The summed E-state index contributed by atoms with van der Waals surface area (Å²) in [6, 6.07) is 6.32. The van der Waals surface area contributed by atoms with Gasteiger partial charge in [0.05, 0.1) is 33.1 Å². The number of carbonyl (C=O) groups excluding carboxylic acids is 3. The first-order valence-corrected chi connectivity index (χ1v) is 10.8. The van der Waals surface area contributed by atoms with Crippen LogP contribution in [0.25, 0.3) is 11.3 Å². The van der Waals surface area contributed by atoms with Crippen molar-refractivity contribution in [2.45, 2.75) is 25.9 Å². The molecule has 1 aliphatic heterocycles. The van der Waals surface area contributed by atoms with Gasteiger partial charge in [0.1, 0.15) is 17.9 Å². The lowest BCUT2D eigenvalue weighted by Gasteiger charge is -2.29. The minimum Gasteiger partial charge on any atom is -0.453 e. The Bertz CT molecular complexity index is 977. The third kappa shape index (κ3) is 5.04. The van der Waals surface area contributed by atoms with Gasteiger partial charge in [-0.2, -0.15) is 0 Å². The van der Waals surface area contributed by atoms with Crippen LogP contribution in [0.4, 0.5) is 9.59 Å². The fourth-order valence-electron chi connectivity index (χ4n) is 3.52. The molecule has 2 aromatic rings. The molecule has 0 saturated carbocycles. The van der Waals surface area contributed by atoms with Gasteiger partial charge in [-0.05, 0) is 18.1 Å². The number of hydrogen-bond donors (Lipinski definition) is 2. The number of halogens is 1. The largest absolute Gasteiger partial charge is 0.453 e. The molecule has 1 aromatic heterocycles. The van der Waals surface area contributed by atoms with Crippen molar-refractivity contribution >= 4 is 34.0 Å². The van der Waals surface area contributed by atoms with Crippen molar-refractivity contribution in [1.82, 2.24) is 25.1 Å². The molecule has 2 heterocycles. The zero-order valence-electron chi connectivity index (χ0n) is 18.3. The topological polar surface area (TPSA) is 117 Å². The SMILES string of the molecule is COC(=O)NC(C(=O)N1CN(C(=O)OC)C[C@H]1c1nc(-c2ccc(Br)cc2)c[nH]1)C(C)C. The zero-order chi connectivity index (χ0) is 23.4.